The molecule has 7 nitrogen and oxygen atoms in total. The first-order valence-corrected chi connectivity index (χ1v) is 13.6. The first-order valence-electron chi connectivity index (χ1n) is 12.8. The Kier molecular flexibility index (Phi) is 7.06. The van der Waals surface area contributed by atoms with Crippen molar-refractivity contribution in [1.29, 1.82) is 0 Å². The fourth-order valence-electron chi connectivity index (χ4n) is 5.73. The average molecular weight is 554 g/mol. The molecule has 3 heterocycles. The summed E-state index contributed by atoms with van der Waals surface area (Å²) in [7, 11) is 0. The molecular formula is C28H33BrN4O3. The lowest BCUT2D eigenvalue weighted by Gasteiger charge is -2.43. The van der Waals surface area contributed by atoms with Gasteiger partial charge in [-0.2, -0.15) is 0 Å². The number of benzene rings is 2. The normalized spacial score (nSPS) is 20.3. The molecule has 1 spiro atoms. The second-order valence-corrected chi connectivity index (χ2v) is 11.2. The largest absolute Gasteiger partial charge is 0.341 e. The number of halogens is 1. The molecular weight excluding hydrogens is 520 g/mol. The zero-order chi connectivity index (χ0) is 25.3. The van der Waals surface area contributed by atoms with Crippen molar-refractivity contribution in [3.8, 4) is 0 Å². The summed E-state index contributed by atoms with van der Waals surface area (Å²) in [5, 5.41) is 0. The van der Waals surface area contributed by atoms with E-state index in [1.54, 1.807) is 4.90 Å². The van der Waals surface area contributed by atoms with Crippen LogP contribution in [0.1, 0.15) is 43.0 Å². The van der Waals surface area contributed by atoms with Gasteiger partial charge < -0.3 is 19.6 Å². The number of carbonyl (C=O) groups excluding carboxylic acids is 3. The fourth-order valence-corrected chi connectivity index (χ4v) is 6.13. The van der Waals surface area contributed by atoms with Crippen LogP contribution in [0.4, 0.5) is 5.69 Å². The molecule has 190 valence electrons. The highest BCUT2D eigenvalue weighted by atomic mass is 79.9. The van der Waals surface area contributed by atoms with E-state index < -0.39 is 5.54 Å². The number of carbonyl (C=O) groups is 3. The molecule has 2 aromatic rings. The van der Waals surface area contributed by atoms with Gasteiger partial charge in [-0.1, -0.05) is 47.1 Å². The number of likely N-dealkylation sites (tertiary alicyclic amines) is 2. The Labute approximate surface area is 221 Å². The molecule has 8 heteroatoms. The molecule has 3 fully saturated rings. The van der Waals surface area contributed by atoms with Crippen molar-refractivity contribution in [2.45, 2.75) is 38.1 Å². The second-order valence-electron chi connectivity index (χ2n) is 10.3. The Bertz CT molecular complexity index is 1120. The van der Waals surface area contributed by atoms with Gasteiger partial charge in [-0.05, 0) is 61.9 Å². The van der Waals surface area contributed by atoms with E-state index in [-0.39, 0.29) is 24.3 Å². The summed E-state index contributed by atoms with van der Waals surface area (Å²) >= 11 is 3.44. The maximum Gasteiger partial charge on any atom is 0.253 e. The third-order valence-corrected chi connectivity index (χ3v) is 8.49. The monoisotopic (exact) mass is 552 g/mol. The smallest absolute Gasteiger partial charge is 0.253 e. The molecule has 3 amide bonds. The van der Waals surface area contributed by atoms with Crippen LogP contribution < -0.4 is 4.90 Å². The van der Waals surface area contributed by atoms with E-state index in [1.165, 1.54) is 0 Å². The summed E-state index contributed by atoms with van der Waals surface area (Å²) in [4.78, 5) is 47.8. The highest BCUT2D eigenvalue weighted by molar-refractivity contribution is 9.10. The highest BCUT2D eigenvalue weighted by Crippen LogP contribution is 2.39. The molecule has 0 aromatic heterocycles. The van der Waals surface area contributed by atoms with E-state index in [2.05, 4.69) is 27.8 Å². The molecule has 0 bridgehead atoms. The first kappa shape index (κ1) is 24.8. The van der Waals surface area contributed by atoms with E-state index >= 15 is 0 Å². The van der Waals surface area contributed by atoms with E-state index in [0.29, 0.717) is 44.1 Å². The summed E-state index contributed by atoms with van der Waals surface area (Å²) in [5.41, 5.74) is 0.868. The summed E-state index contributed by atoms with van der Waals surface area (Å²) in [6.45, 7) is 5.24. The summed E-state index contributed by atoms with van der Waals surface area (Å²) in [6.07, 6.45) is 3.10. The number of piperidine rings is 2. The van der Waals surface area contributed by atoms with Crippen molar-refractivity contribution >= 4 is 39.3 Å². The van der Waals surface area contributed by atoms with E-state index in [9.17, 15) is 14.4 Å². The summed E-state index contributed by atoms with van der Waals surface area (Å²) < 4.78 is 0.867. The number of nitrogens with zero attached hydrogens (tertiary/aromatic N) is 4. The van der Waals surface area contributed by atoms with Crippen LogP contribution in [0.3, 0.4) is 0 Å². The van der Waals surface area contributed by atoms with Crippen LogP contribution in [0.15, 0.2) is 59.1 Å². The predicted octanol–water partition coefficient (Wildman–Crippen LogP) is 3.99. The van der Waals surface area contributed by atoms with Crippen LogP contribution in [-0.2, 0) is 9.59 Å². The van der Waals surface area contributed by atoms with Gasteiger partial charge >= 0.3 is 0 Å². The number of rotatable bonds is 4. The lowest BCUT2D eigenvalue weighted by molar-refractivity contribution is -0.141. The number of hydrogen-bond acceptors (Lipinski definition) is 4. The molecule has 36 heavy (non-hydrogen) atoms. The Morgan fingerprint density at radius 3 is 2.31 bits per heavy atom. The van der Waals surface area contributed by atoms with Gasteiger partial charge in [0.25, 0.3) is 11.8 Å². The highest BCUT2D eigenvalue weighted by Gasteiger charge is 2.54. The molecule has 0 atom stereocenters. The van der Waals surface area contributed by atoms with Gasteiger partial charge in [0.15, 0.2) is 0 Å². The van der Waals surface area contributed by atoms with Crippen LogP contribution in [0.25, 0.3) is 0 Å². The van der Waals surface area contributed by atoms with Crippen LogP contribution >= 0.6 is 15.9 Å². The van der Waals surface area contributed by atoms with Gasteiger partial charge in [-0.25, -0.2) is 0 Å². The third kappa shape index (κ3) is 4.75. The van der Waals surface area contributed by atoms with Gasteiger partial charge in [0.05, 0.1) is 6.67 Å². The first-order chi connectivity index (χ1) is 17.4. The molecule has 2 aromatic carbocycles. The van der Waals surface area contributed by atoms with E-state index in [0.717, 1.165) is 36.1 Å². The number of anilines is 1. The SMILES string of the molecule is CC1CCN(C(=O)CN2CN(c3ccccc3)C3(CCN(C(=O)c4cccc(Br)c4)CC3)C2=O)CC1. The van der Waals surface area contributed by atoms with E-state index in [4.69, 9.17) is 0 Å². The number of hydrogen-bond donors (Lipinski definition) is 0. The van der Waals surface area contributed by atoms with Crippen LogP contribution in [-0.4, -0.2) is 77.4 Å². The van der Waals surface area contributed by atoms with Gasteiger partial charge in [-0.15, -0.1) is 0 Å². The molecule has 5 rings (SSSR count). The maximum absolute atomic E-state index is 13.9. The van der Waals surface area contributed by atoms with Crippen molar-refractivity contribution in [3.05, 3.63) is 64.6 Å². The standard InChI is InChI=1S/C28H33BrN4O3/c1-21-10-14-30(15-11-21)25(34)19-32-20-33(24-8-3-2-4-9-24)28(27(32)36)12-16-31(17-13-28)26(35)22-6-5-7-23(29)18-22/h2-9,18,21H,10-17,19-20H2,1H3. The molecule has 0 N–H and O–H groups in total. The Morgan fingerprint density at radius 2 is 1.64 bits per heavy atom. The molecule has 0 aliphatic carbocycles. The zero-order valence-electron chi connectivity index (χ0n) is 20.7. The van der Waals surface area contributed by atoms with E-state index in [1.807, 2.05) is 64.4 Å². The van der Waals surface area contributed by atoms with Gasteiger partial charge in [0.2, 0.25) is 5.91 Å². The summed E-state index contributed by atoms with van der Waals surface area (Å²) in [6, 6.07) is 17.4. The lowest BCUT2D eigenvalue weighted by Crippen LogP contribution is -2.57. The topological polar surface area (TPSA) is 64.2 Å². The Hall–Kier alpha value is -2.87. The van der Waals surface area contributed by atoms with Crippen molar-refractivity contribution in [2.75, 3.05) is 44.3 Å². The summed E-state index contributed by atoms with van der Waals surface area (Å²) in [5.74, 6) is 0.653. The van der Waals surface area contributed by atoms with Crippen molar-refractivity contribution in [1.82, 2.24) is 14.7 Å². The van der Waals surface area contributed by atoms with Crippen molar-refractivity contribution in [2.24, 2.45) is 5.92 Å². The van der Waals surface area contributed by atoms with Crippen LogP contribution in [0.5, 0.6) is 0 Å². The number of amides is 3. The third-order valence-electron chi connectivity index (χ3n) is 7.99. The molecule has 3 saturated heterocycles. The molecule has 0 radical (unpaired) electrons. The lowest BCUT2D eigenvalue weighted by atomic mass is 9.85. The van der Waals surface area contributed by atoms with Crippen molar-refractivity contribution < 1.29 is 14.4 Å². The van der Waals surface area contributed by atoms with Crippen LogP contribution in [0.2, 0.25) is 0 Å². The molecule has 3 aliphatic rings. The Morgan fingerprint density at radius 1 is 0.944 bits per heavy atom. The predicted molar refractivity (Wildman–Crippen MR) is 142 cm³/mol. The fraction of sp³-hybridized carbons (Fsp3) is 0.464. The van der Waals surface area contributed by atoms with Gasteiger partial charge in [0, 0.05) is 41.9 Å². The minimum absolute atomic E-state index is 0.000338. The quantitative estimate of drug-likeness (QED) is 0.575. The maximum atomic E-state index is 13.9. The van der Waals surface area contributed by atoms with Crippen LogP contribution in [0, 0.1) is 5.92 Å². The number of para-hydroxylation sites is 1. The zero-order valence-corrected chi connectivity index (χ0v) is 22.3. The van der Waals surface area contributed by atoms with Gasteiger partial charge in [-0.3, -0.25) is 14.4 Å². The average Bonchev–Trinajstić information content (AvgIpc) is 3.15. The van der Waals surface area contributed by atoms with Gasteiger partial charge in [0.1, 0.15) is 12.1 Å². The molecule has 3 aliphatic heterocycles. The minimum Gasteiger partial charge on any atom is -0.341 e. The molecule has 0 unspecified atom stereocenters. The minimum atomic E-state index is -0.744. The second kappa shape index (κ2) is 10.2. The Balaban J connectivity index is 1.34. The van der Waals surface area contributed by atoms with Crippen molar-refractivity contribution in [3.63, 3.8) is 0 Å². The molecule has 0 saturated carbocycles.